The summed E-state index contributed by atoms with van der Waals surface area (Å²) in [6, 6.07) is 8.94. The van der Waals surface area contributed by atoms with Crippen LogP contribution in [-0.4, -0.2) is 49.8 Å². The number of benzene rings is 1. The van der Waals surface area contributed by atoms with Crippen LogP contribution >= 0.6 is 0 Å². The van der Waals surface area contributed by atoms with Gasteiger partial charge in [0.15, 0.2) is 0 Å². The lowest BCUT2D eigenvalue weighted by atomic mass is 9.52. The second-order valence-electron chi connectivity index (χ2n) is 9.67. The van der Waals surface area contributed by atoms with Crippen LogP contribution in [-0.2, 0) is 0 Å². The van der Waals surface area contributed by atoms with Crippen LogP contribution in [0.4, 0.5) is 0 Å². The summed E-state index contributed by atoms with van der Waals surface area (Å²) in [5.74, 6) is 1.10. The zero-order valence-corrected chi connectivity index (χ0v) is 17.1. The lowest BCUT2D eigenvalue weighted by Gasteiger charge is -2.60. The van der Waals surface area contributed by atoms with Gasteiger partial charge in [0.2, 0.25) is 0 Å². The van der Waals surface area contributed by atoms with E-state index in [-0.39, 0.29) is 11.6 Å². The summed E-state index contributed by atoms with van der Waals surface area (Å²) in [5.41, 5.74) is 7.21. The molecule has 3 aliphatic rings. The van der Waals surface area contributed by atoms with E-state index in [2.05, 4.69) is 14.9 Å². The van der Waals surface area contributed by atoms with Gasteiger partial charge in [-0.1, -0.05) is 12.1 Å². The Morgan fingerprint density at radius 1 is 1.17 bits per heavy atom. The number of likely N-dealkylation sites (tertiary alicyclic amines) is 1. The summed E-state index contributed by atoms with van der Waals surface area (Å²) in [7, 11) is 0. The first-order valence-corrected chi connectivity index (χ1v) is 11.1. The molecule has 156 valence electrons. The Labute approximate surface area is 175 Å². The lowest BCUT2D eigenvalue weighted by Crippen LogP contribution is -2.60. The van der Waals surface area contributed by atoms with Crippen molar-refractivity contribution in [2.24, 2.45) is 11.1 Å². The van der Waals surface area contributed by atoms with Crippen LogP contribution in [0.3, 0.4) is 0 Å². The summed E-state index contributed by atoms with van der Waals surface area (Å²) in [6.45, 7) is 2.14. The van der Waals surface area contributed by atoms with Crippen molar-refractivity contribution in [1.82, 2.24) is 24.6 Å². The van der Waals surface area contributed by atoms with Gasteiger partial charge in [0.1, 0.15) is 5.82 Å². The number of nitrogens with zero attached hydrogens (tertiary/aromatic N) is 4. The van der Waals surface area contributed by atoms with E-state index in [1.165, 1.54) is 30.4 Å². The van der Waals surface area contributed by atoms with Gasteiger partial charge in [0, 0.05) is 47.7 Å². The third kappa shape index (κ3) is 2.91. The van der Waals surface area contributed by atoms with E-state index in [0.717, 1.165) is 48.2 Å². The summed E-state index contributed by atoms with van der Waals surface area (Å²) in [6.07, 6.45) is 10.8. The normalized spacial score (nSPS) is 31.6. The average molecular weight is 405 g/mol. The quantitative estimate of drug-likeness (QED) is 0.700. The van der Waals surface area contributed by atoms with Crippen molar-refractivity contribution in [3.8, 4) is 5.69 Å². The molecule has 0 radical (unpaired) electrons. The van der Waals surface area contributed by atoms with E-state index in [1.54, 1.807) is 6.20 Å². The number of aromatic amines is 1. The molecule has 1 aliphatic heterocycles. The van der Waals surface area contributed by atoms with Crippen LogP contribution in [0.15, 0.2) is 41.5 Å². The van der Waals surface area contributed by atoms with Crippen LogP contribution in [0.25, 0.3) is 16.5 Å². The summed E-state index contributed by atoms with van der Waals surface area (Å²) < 4.78 is 1.52. The van der Waals surface area contributed by atoms with Crippen molar-refractivity contribution in [2.45, 2.75) is 56.5 Å². The van der Waals surface area contributed by atoms with Crippen LogP contribution in [0.2, 0.25) is 0 Å². The Hall–Kier alpha value is -2.51. The number of aromatic nitrogens is 4. The number of hydrogen-bond acceptors (Lipinski definition) is 5. The highest BCUT2D eigenvalue weighted by atomic mass is 16.1. The third-order valence-electron chi connectivity index (χ3n) is 7.60. The van der Waals surface area contributed by atoms with Crippen molar-refractivity contribution >= 4 is 10.8 Å². The first-order chi connectivity index (χ1) is 14.6. The number of nitrogens with one attached hydrogen (secondary N) is 1. The molecule has 3 heterocycles. The van der Waals surface area contributed by atoms with Crippen LogP contribution in [0.1, 0.15) is 50.3 Å². The third-order valence-corrected chi connectivity index (χ3v) is 7.60. The zero-order valence-electron chi connectivity index (χ0n) is 17.1. The Bertz CT molecular complexity index is 1130. The predicted octanol–water partition coefficient (Wildman–Crippen LogP) is 2.56. The van der Waals surface area contributed by atoms with Gasteiger partial charge in [-0.3, -0.25) is 14.9 Å². The molecular formula is C23H28N6O. The molecule has 0 unspecified atom stereocenters. The largest absolute Gasteiger partial charge is 0.348 e. The highest BCUT2D eigenvalue weighted by Crippen LogP contribution is 2.57. The molecule has 3 N–H and O–H groups in total. The van der Waals surface area contributed by atoms with Gasteiger partial charge in [0.25, 0.3) is 0 Å². The molecular weight excluding hydrogens is 376 g/mol. The average Bonchev–Trinajstić information content (AvgIpc) is 3.11. The van der Waals surface area contributed by atoms with Gasteiger partial charge in [-0.2, -0.15) is 4.68 Å². The Morgan fingerprint density at radius 3 is 2.87 bits per heavy atom. The second-order valence-corrected chi connectivity index (χ2v) is 9.67. The smallest absolute Gasteiger partial charge is 0.328 e. The highest BCUT2D eigenvalue weighted by Gasteiger charge is 2.53. The molecule has 7 heteroatoms. The molecule has 30 heavy (non-hydrogen) atoms. The number of pyridine rings is 1. The first-order valence-electron chi connectivity index (χ1n) is 11.1. The molecule has 1 saturated heterocycles. The molecule has 6 rings (SSSR count). The predicted molar refractivity (Wildman–Crippen MR) is 116 cm³/mol. The molecule has 7 nitrogen and oxygen atoms in total. The van der Waals surface area contributed by atoms with Crippen molar-refractivity contribution in [2.75, 3.05) is 13.1 Å². The zero-order chi connectivity index (χ0) is 20.3. The molecule has 3 fully saturated rings. The fourth-order valence-corrected chi connectivity index (χ4v) is 6.12. The maximum absolute atomic E-state index is 12.8. The minimum atomic E-state index is -0.169. The fraction of sp³-hybridized carbons (Fsp3) is 0.522. The highest BCUT2D eigenvalue weighted by molar-refractivity contribution is 5.89. The fourth-order valence-electron chi connectivity index (χ4n) is 6.12. The van der Waals surface area contributed by atoms with Gasteiger partial charge < -0.3 is 5.73 Å². The number of hydrogen-bond donors (Lipinski definition) is 2. The van der Waals surface area contributed by atoms with Crippen LogP contribution in [0.5, 0.6) is 0 Å². The molecule has 2 saturated carbocycles. The molecule has 1 atom stereocenters. The molecule has 0 bridgehead atoms. The SMILES string of the molecule is NC1CC2(C1)CC(N1CCC[C@H](c3nn(-c4cccc5cnccc45)c(=O)[nH]3)C1)C2. The van der Waals surface area contributed by atoms with Gasteiger partial charge in [-0.05, 0) is 62.6 Å². The molecule has 1 aromatic carbocycles. The number of nitrogens with two attached hydrogens (primary N) is 1. The van der Waals surface area contributed by atoms with Crippen molar-refractivity contribution < 1.29 is 0 Å². The molecule has 0 amide bonds. The maximum Gasteiger partial charge on any atom is 0.348 e. The number of fused-ring (bicyclic) bond motifs is 1. The topological polar surface area (TPSA) is 92.8 Å². The summed E-state index contributed by atoms with van der Waals surface area (Å²) in [5, 5.41) is 6.73. The molecule has 1 spiro atoms. The Morgan fingerprint density at radius 2 is 2.03 bits per heavy atom. The second kappa shape index (κ2) is 6.75. The molecule has 2 aliphatic carbocycles. The van der Waals surface area contributed by atoms with Crippen LogP contribution in [0, 0.1) is 5.41 Å². The van der Waals surface area contributed by atoms with Crippen molar-refractivity contribution in [3.05, 3.63) is 53.0 Å². The van der Waals surface area contributed by atoms with E-state index in [0.29, 0.717) is 17.5 Å². The van der Waals surface area contributed by atoms with E-state index >= 15 is 0 Å². The summed E-state index contributed by atoms with van der Waals surface area (Å²) >= 11 is 0. The van der Waals surface area contributed by atoms with E-state index in [4.69, 9.17) is 10.8 Å². The number of rotatable bonds is 3. The van der Waals surface area contributed by atoms with E-state index < -0.39 is 0 Å². The number of piperidine rings is 1. The lowest BCUT2D eigenvalue weighted by molar-refractivity contribution is -0.0721. The standard InChI is InChI=1S/C23H28N6O/c24-17-9-23(10-17)11-18(12-23)28-8-2-4-16(14-28)21-26-22(30)29(27-21)20-5-1-3-15-13-25-7-6-19(15)20/h1,3,5-7,13,16-18H,2,4,8-12,14,24H2,(H,26,27,30)/t16-,17?,18?,23?/m0/s1. The van der Waals surface area contributed by atoms with E-state index in [9.17, 15) is 4.79 Å². The van der Waals surface area contributed by atoms with Gasteiger partial charge in [0.05, 0.1) is 5.69 Å². The van der Waals surface area contributed by atoms with Gasteiger partial charge >= 0.3 is 5.69 Å². The Balaban J connectivity index is 1.23. The van der Waals surface area contributed by atoms with Gasteiger partial charge in [-0.15, -0.1) is 5.10 Å². The summed E-state index contributed by atoms with van der Waals surface area (Å²) in [4.78, 5) is 22.6. The van der Waals surface area contributed by atoms with E-state index in [1.807, 2.05) is 30.5 Å². The molecule has 2 aromatic heterocycles. The minimum Gasteiger partial charge on any atom is -0.328 e. The minimum absolute atomic E-state index is 0.169. The monoisotopic (exact) mass is 404 g/mol. The van der Waals surface area contributed by atoms with Crippen molar-refractivity contribution in [1.29, 1.82) is 0 Å². The first kappa shape index (κ1) is 18.3. The molecule has 3 aromatic rings. The van der Waals surface area contributed by atoms with Crippen molar-refractivity contribution in [3.63, 3.8) is 0 Å². The van der Waals surface area contributed by atoms with Crippen LogP contribution < -0.4 is 11.4 Å². The maximum atomic E-state index is 12.8. The number of H-pyrrole nitrogens is 1. The van der Waals surface area contributed by atoms with Gasteiger partial charge in [-0.25, -0.2) is 4.79 Å². The Kier molecular flexibility index (Phi) is 4.11.